The van der Waals surface area contributed by atoms with Crippen LogP contribution in [0.4, 0.5) is 0 Å². The molecule has 0 aliphatic carbocycles. The summed E-state index contributed by atoms with van der Waals surface area (Å²) in [6.07, 6.45) is 2.93. The lowest BCUT2D eigenvalue weighted by molar-refractivity contribution is 1.33. The second-order valence-corrected chi connectivity index (χ2v) is 2.90. The van der Waals surface area contributed by atoms with E-state index >= 15 is 0 Å². The second kappa shape index (κ2) is 2.56. The topological polar surface area (TPSA) is 0 Å². The van der Waals surface area contributed by atoms with Gasteiger partial charge in [0.25, 0.3) is 0 Å². The molecule has 1 rings (SSSR count). The summed E-state index contributed by atoms with van der Waals surface area (Å²) in [7, 11) is 1.48. The Morgan fingerprint density at radius 1 is 1.17 bits per heavy atom. The van der Waals surface area contributed by atoms with E-state index in [2.05, 4.69) is 11.8 Å². The fourth-order valence-corrected chi connectivity index (χ4v) is 1.71. The Kier molecular flexibility index (Phi) is 1.95. The summed E-state index contributed by atoms with van der Waals surface area (Å²) < 4.78 is 0. The third kappa shape index (κ3) is 1.25. The molecular formula is C4H9BS. The molecule has 1 aliphatic heterocycles. The summed E-state index contributed by atoms with van der Waals surface area (Å²) in [5.41, 5.74) is 0. The van der Waals surface area contributed by atoms with Crippen LogP contribution >= 0.6 is 11.8 Å². The van der Waals surface area contributed by atoms with Gasteiger partial charge in [-0.15, -0.1) is 0 Å². The highest BCUT2D eigenvalue weighted by Crippen LogP contribution is 2.10. The van der Waals surface area contributed by atoms with Crippen LogP contribution in [0.2, 0.25) is 12.6 Å². The molecule has 1 aliphatic rings. The SMILES string of the molecule is B1CCSCC1. The van der Waals surface area contributed by atoms with E-state index in [1.165, 1.54) is 31.4 Å². The van der Waals surface area contributed by atoms with Gasteiger partial charge in [-0.25, -0.2) is 0 Å². The molecule has 6 heavy (non-hydrogen) atoms. The molecule has 0 radical (unpaired) electrons. The quantitative estimate of drug-likeness (QED) is 0.409. The molecule has 0 bridgehead atoms. The summed E-state index contributed by atoms with van der Waals surface area (Å²) in [6, 6.07) is 0. The number of hydrogen-bond acceptors (Lipinski definition) is 1. The molecule has 1 heterocycles. The van der Waals surface area contributed by atoms with Crippen molar-refractivity contribution in [3.63, 3.8) is 0 Å². The third-order valence-electron chi connectivity index (χ3n) is 1.08. The normalized spacial score (nSPS) is 22.7. The van der Waals surface area contributed by atoms with Crippen LogP contribution in [0.5, 0.6) is 0 Å². The van der Waals surface area contributed by atoms with Gasteiger partial charge in [-0.05, 0) is 11.5 Å². The van der Waals surface area contributed by atoms with E-state index in [0.29, 0.717) is 0 Å². The first-order chi connectivity index (χ1) is 3.00. The maximum atomic E-state index is 2.09. The highest BCUT2D eigenvalue weighted by atomic mass is 32.2. The van der Waals surface area contributed by atoms with Crippen molar-refractivity contribution in [2.75, 3.05) is 11.5 Å². The van der Waals surface area contributed by atoms with Crippen molar-refractivity contribution in [1.29, 1.82) is 0 Å². The standard InChI is InChI=1S/C4H9BS/c1-3-6-4-2-5-1/h5H,1-4H2. The van der Waals surface area contributed by atoms with Gasteiger partial charge >= 0.3 is 0 Å². The van der Waals surface area contributed by atoms with Gasteiger partial charge in [-0.1, -0.05) is 12.6 Å². The molecule has 0 saturated carbocycles. The molecule has 0 aromatic rings. The first-order valence-corrected chi connectivity index (χ1v) is 3.73. The van der Waals surface area contributed by atoms with Crippen molar-refractivity contribution in [3.8, 4) is 0 Å². The van der Waals surface area contributed by atoms with Crippen molar-refractivity contribution in [1.82, 2.24) is 0 Å². The molecular weight excluding hydrogens is 90.9 g/mol. The van der Waals surface area contributed by atoms with Crippen LogP contribution in [0.3, 0.4) is 0 Å². The van der Waals surface area contributed by atoms with E-state index in [0.717, 1.165) is 0 Å². The molecule has 2 heteroatoms. The zero-order valence-corrected chi connectivity index (χ0v) is 4.76. The van der Waals surface area contributed by atoms with Crippen molar-refractivity contribution >= 4 is 19.0 Å². The van der Waals surface area contributed by atoms with Crippen LogP contribution in [0.15, 0.2) is 0 Å². The third-order valence-corrected chi connectivity index (χ3v) is 2.23. The Balaban J connectivity index is 2.00. The largest absolute Gasteiger partial charge is 0.163 e. The lowest BCUT2D eigenvalue weighted by atomic mass is 9.72. The van der Waals surface area contributed by atoms with Gasteiger partial charge in [0.1, 0.15) is 7.28 Å². The number of hydrogen-bond donors (Lipinski definition) is 0. The van der Waals surface area contributed by atoms with Crippen LogP contribution in [-0.2, 0) is 0 Å². The number of thioether (sulfide) groups is 1. The average molecular weight is 100.0 g/mol. The molecule has 1 saturated heterocycles. The van der Waals surface area contributed by atoms with Crippen molar-refractivity contribution in [3.05, 3.63) is 0 Å². The minimum atomic E-state index is 1.42. The van der Waals surface area contributed by atoms with E-state index in [9.17, 15) is 0 Å². The van der Waals surface area contributed by atoms with Crippen molar-refractivity contribution < 1.29 is 0 Å². The van der Waals surface area contributed by atoms with Crippen LogP contribution in [0.25, 0.3) is 0 Å². The molecule has 34 valence electrons. The van der Waals surface area contributed by atoms with Gasteiger partial charge in [0.2, 0.25) is 0 Å². The smallest absolute Gasteiger partial charge is 0.122 e. The van der Waals surface area contributed by atoms with E-state index in [4.69, 9.17) is 0 Å². The Bertz CT molecular complexity index is 23.0. The van der Waals surface area contributed by atoms with E-state index < -0.39 is 0 Å². The monoisotopic (exact) mass is 100 g/mol. The lowest BCUT2D eigenvalue weighted by Gasteiger charge is -2.04. The maximum Gasteiger partial charge on any atom is 0.122 e. The predicted molar refractivity (Wildman–Crippen MR) is 34.1 cm³/mol. The van der Waals surface area contributed by atoms with Crippen LogP contribution in [0, 0.1) is 0 Å². The molecule has 0 N–H and O–H groups in total. The van der Waals surface area contributed by atoms with Gasteiger partial charge in [0, 0.05) is 0 Å². The van der Waals surface area contributed by atoms with Gasteiger partial charge in [-0.2, -0.15) is 11.8 Å². The maximum absolute atomic E-state index is 2.09. The summed E-state index contributed by atoms with van der Waals surface area (Å²) in [5.74, 6) is 2.83. The molecule has 0 spiro atoms. The molecule has 0 aromatic heterocycles. The van der Waals surface area contributed by atoms with E-state index in [-0.39, 0.29) is 0 Å². The summed E-state index contributed by atoms with van der Waals surface area (Å²) in [6.45, 7) is 0. The molecule has 1 fully saturated rings. The molecule has 0 unspecified atom stereocenters. The number of rotatable bonds is 0. The summed E-state index contributed by atoms with van der Waals surface area (Å²) >= 11 is 2.09. The fraction of sp³-hybridized carbons (Fsp3) is 1.00. The van der Waals surface area contributed by atoms with Gasteiger partial charge < -0.3 is 0 Å². The van der Waals surface area contributed by atoms with Crippen LogP contribution in [-0.4, -0.2) is 18.8 Å². The van der Waals surface area contributed by atoms with E-state index in [1.807, 2.05) is 0 Å². The highest BCUT2D eigenvalue weighted by molar-refractivity contribution is 7.99. The van der Waals surface area contributed by atoms with Crippen LogP contribution < -0.4 is 0 Å². The summed E-state index contributed by atoms with van der Waals surface area (Å²) in [4.78, 5) is 0. The first kappa shape index (κ1) is 4.57. The molecule has 0 nitrogen and oxygen atoms in total. The Morgan fingerprint density at radius 2 is 1.83 bits per heavy atom. The van der Waals surface area contributed by atoms with Crippen molar-refractivity contribution in [2.45, 2.75) is 12.6 Å². The van der Waals surface area contributed by atoms with Crippen molar-refractivity contribution in [2.24, 2.45) is 0 Å². The Morgan fingerprint density at radius 3 is 2.00 bits per heavy atom. The zero-order chi connectivity index (χ0) is 4.24. The predicted octanol–water partition coefficient (Wildman–Crippen LogP) is 1.01. The minimum absolute atomic E-state index is 1.42. The van der Waals surface area contributed by atoms with E-state index in [1.54, 1.807) is 0 Å². The lowest BCUT2D eigenvalue weighted by Crippen LogP contribution is -1.99. The van der Waals surface area contributed by atoms with Gasteiger partial charge in [0.15, 0.2) is 0 Å². The molecule has 0 aromatic carbocycles. The Hall–Kier alpha value is 0.415. The summed E-state index contributed by atoms with van der Waals surface area (Å²) in [5, 5.41) is 0. The molecule has 0 atom stereocenters. The second-order valence-electron chi connectivity index (χ2n) is 1.67. The minimum Gasteiger partial charge on any atom is -0.163 e. The van der Waals surface area contributed by atoms with Gasteiger partial charge in [-0.3, -0.25) is 0 Å². The Labute approximate surface area is 43.9 Å². The van der Waals surface area contributed by atoms with Gasteiger partial charge in [0.05, 0.1) is 0 Å². The highest BCUT2D eigenvalue weighted by Gasteiger charge is 1.97. The average Bonchev–Trinajstić information content (AvgIpc) is 1.72. The van der Waals surface area contributed by atoms with Crippen LogP contribution in [0.1, 0.15) is 0 Å². The molecule has 0 amide bonds. The first-order valence-electron chi connectivity index (χ1n) is 2.58. The fourth-order valence-electron chi connectivity index (χ4n) is 0.687. The zero-order valence-electron chi connectivity index (χ0n) is 3.94.